The lowest BCUT2D eigenvalue weighted by molar-refractivity contribution is -0.676. The second-order valence-electron chi connectivity index (χ2n) is 4.36. The molecule has 5 heteroatoms. The van der Waals surface area contributed by atoms with Crippen molar-refractivity contribution in [3.63, 3.8) is 0 Å². The summed E-state index contributed by atoms with van der Waals surface area (Å²) in [5.74, 6) is 0.899. The third-order valence-corrected chi connectivity index (χ3v) is 3.01. The Morgan fingerprint density at radius 1 is 1.10 bits per heavy atom. The predicted octanol–water partition coefficient (Wildman–Crippen LogP) is -1.43. The van der Waals surface area contributed by atoms with E-state index < -0.39 is 0 Å². The smallest absolute Gasteiger partial charge is 0.178 e. The first-order chi connectivity index (χ1) is 8.70. The van der Waals surface area contributed by atoms with Crippen molar-refractivity contribution in [3.8, 4) is 5.75 Å². The fourth-order valence-corrected chi connectivity index (χ4v) is 1.89. The molecule has 112 valence electrons. The van der Waals surface area contributed by atoms with Gasteiger partial charge in [0.1, 0.15) is 19.4 Å². The first-order valence-corrected chi connectivity index (χ1v) is 6.31. The van der Waals surface area contributed by atoms with Crippen LogP contribution in [-0.4, -0.2) is 25.3 Å². The van der Waals surface area contributed by atoms with Crippen LogP contribution in [0.2, 0.25) is 0 Å². The molecule has 0 saturated carbocycles. The van der Waals surface area contributed by atoms with Crippen molar-refractivity contribution in [2.75, 3.05) is 19.8 Å². The Morgan fingerprint density at radius 2 is 1.85 bits per heavy atom. The van der Waals surface area contributed by atoms with Crippen molar-refractivity contribution >= 4 is 10.8 Å². The lowest BCUT2D eigenvalue weighted by Crippen LogP contribution is -3.00. The molecule has 0 spiro atoms. The number of hydrogen-bond acceptors (Lipinski definition) is 2. The summed E-state index contributed by atoms with van der Waals surface area (Å²) in [5.41, 5.74) is 1.23. The second kappa shape index (κ2) is 8.89. The summed E-state index contributed by atoms with van der Waals surface area (Å²) in [5, 5.41) is 2.43. The predicted molar refractivity (Wildman–Crippen MR) is 75.5 cm³/mol. The summed E-state index contributed by atoms with van der Waals surface area (Å²) in [6.07, 6.45) is 2.13. The Morgan fingerprint density at radius 3 is 2.55 bits per heavy atom. The van der Waals surface area contributed by atoms with E-state index in [1.807, 2.05) is 13.0 Å². The van der Waals surface area contributed by atoms with Crippen LogP contribution in [0.4, 0.5) is 0 Å². The number of fused-ring (bicyclic) bond motifs is 1. The molecule has 0 amide bonds. The topological polar surface area (TPSA) is 53.8 Å². The summed E-state index contributed by atoms with van der Waals surface area (Å²) >= 11 is 0. The van der Waals surface area contributed by atoms with E-state index in [-0.39, 0.29) is 22.5 Å². The van der Waals surface area contributed by atoms with Crippen molar-refractivity contribution in [2.45, 2.75) is 13.8 Å². The summed E-state index contributed by atoms with van der Waals surface area (Å²) in [6.45, 7) is 6.05. The molecule has 4 nitrogen and oxygen atoms in total. The Hall–Kier alpha value is -1.17. The average molecular weight is 344 g/mol. The molecule has 0 aliphatic rings. The molecule has 0 atom stereocenters. The summed E-state index contributed by atoms with van der Waals surface area (Å²) in [4.78, 5) is 0. The average Bonchev–Trinajstić information content (AvgIpc) is 2.36. The van der Waals surface area contributed by atoms with Gasteiger partial charge in [0.15, 0.2) is 11.9 Å². The maximum Gasteiger partial charge on any atom is 0.178 e. The minimum absolute atomic E-state index is 0. The number of pyridine rings is 1. The van der Waals surface area contributed by atoms with Crippen molar-refractivity contribution in [1.82, 2.24) is 0 Å². The number of nitrogens with zero attached hydrogens (tertiary/aromatic N) is 1. The molecule has 1 aromatic carbocycles. The third kappa shape index (κ3) is 4.74. The van der Waals surface area contributed by atoms with E-state index >= 15 is 0 Å². The molecule has 0 radical (unpaired) electrons. The zero-order chi connectivity index (χ0) is 13.0. The molecule has 0 saturated heterocycles. The maximum atomic E-state index is 5.65. The zero-order valence-corrected chi connectivity index (χ0v) is 13.7. The molecule has 0 bridgehead atoms. The van der Waals surface area contributed by atoms with Gasteiger partial charge in [-0.1, -0.05) is 0 Å². The van der Waals surface area contributed by atoms with Crippen LogP contribution in [0.3, 0.4) is 0 Å². The number of benzene rings is 1. The van der Waals surface area contributed by atoms with Crippen molar-refractivity contribution < 1.29 is 36.5 Å². The van der Waals surface area contributed by atoms with Crippen LogP contribution in [0.15, 0.2) is 30.5 Å². The fraction of sp³-hybridized carbons (Fsp3) is 0.400. The summed E-state index contributed by atoms with van der Waals surface area (Å²) < 4.78 is 13.0. The van der Waals surface area contributed by atoms with Gasteiger partial charge in [0, 0.05) is 25.0 Å². The van der Waals surface area contributed by atoms with Gasteiger partial charge < -0.3 is 31.9 Å². The monoisotopic (exact) mass is 343 g/mol. The Balaban J connectivity index is 0.00000180. The van der Waals surface area contributed by atoms with Crippen molar-refractivity contribution in [2.24, 2.45) is 7.05 Å². The van der Waals surface area contributed by atoms with Crippen LogP contribution >= 0.6 is 0 Å². The van der Waals surface area contributed by atoms with E-state index in [0.717, 1.165) is 12.4 Å². The van der Waals surface area contributed by atoms with E-state index in [1.54, 1.807) is 0 Å². The Labute approximate surface area is 130 Å². The van der Waals surface area contributed by atoms with Crippen LogP contribution in [-0.2, 0) is 11.8 Å². The number of ether oxygens (including phenoxy) is 2. The number of hydrogen-bond donors (Lipinski definition) is 0. The molecular weight excluding hydrogens is 322 g/mol. The molecular formula is C15H22BrNO3. The largest absolute Gasteiger partial charge is 1.00 e. The highest BCUT2D eigenvalue weighted by atomic mass is 79.9. The van der Waals surface area contributed by atoms with E-state index in [0.29, 0.717) is 13.2 Å². The Kier molecular flexibility index (Phi) is 8.37. The normalized spacial score (nSPS) is 9.75. The van der Waals surface area contributed by atoms with E-state index in [9.17, 15) is 0 Å². The molecule has 1 heterocycles. The molecule has 0 aliphatic heterocycles. The van der Waals surface area contributed by atoms with Gasteiger partial charge in [0.2, 0.25) is 0 Å². The van der Waals surface area contributed by atoms with Crippen LogP contribution in [0.25, 0.3) is 10.8 Å². The van der Waals surface area contributed by atoms with Gasteiger partial charge in [-0.05, 0) is 30.5 Å². The first-order valence-electron chi connectivity index (χ1n) is 6.31. The highest BCUT2D eigenvalue weighted by molar-refractivity contribution is 5.82. The van der Waals surface area contributed by atoms with Gasteiger partial charge >= 0.3 is 0 Å². The van der Waals surface area contributed by atoms with E-state index in [1.165, 1.54) is 16.5 Å². The molecule has 2 aromatic rings. The van der Waals surface area contributed by atoms with Gasteiger partial charge in [-0.2, -0.15) is 0 Å². The van der Waals surface area contributed by atoms with Crippen LogP contribution in [0.1, 0.15) is 12.6 Å². The lowest BCUT2D eigenvalue weighted by Gasteiger charge is -2.07. The van der Waals surface area contributed by atoms with Gasteiger partial charge in [-0.3, -0.25) is 0 Å². The molecule has 20 heavy (non-hydrogen) atoms. The highest BCUT2D eigenvalue weighted by Crippen LogP contribution is 2.20. The first kappa shape index (κ1) is 18.8. The quantitative estimate of drug-likeness (QED) is 0.493. The van der Waals surface area contributed by atoms with E-state index in [4.69, 9.17) is 9.47 Å². The van der Waals surface area contributed by atoms with Crippen molar-refractivity contribution in [3.05, 3.63) is 36.2 Å². The SMILES string of the molecule is CCOCCOc1ccc2c[n+](C)c(C)cc2c1.O.[Br-]. The fourth-order valence-electron chi connectivity index (χ4n) is 1.89. The zero-order valence-electron chi connectivity index (χ0n) is 12.1. The van der Waals surface area contributed by atoms with Crippen LogP contribution in [0, 0.1) is 6.92 Å². The molecule has 0 fully saturated rings. The molecule has 1 aromatic heterocycles. The highest BCUT2D eigenvalue weighted by Gasteiger charge is 2.05. The van der Waals surface area contributed by atoms with Crippen LogP contribution < -0.4 is 26.3 Å². The summed E-state index contributed by atoms with van der Waals surface area (Å²) in [7, 11) is 2.06. The summed E-state index contributed by atoms with van der Waals surface area (Å²) in [6, 6.07) is 8.34. The maximum absolute atomic E-state index is 5.65. The molecule has 0 unspecified atom stereocenters. The van der Waals surface area contributed by atoms with Crippen LogP contribution in [0.5, 0.6) is 5.75 Å². The molecule has 0 aliphatic carbocycles. The number of aromatic nitrogens is 1. The molecule has 2 N–H and O–H groups in total. The number of halogens is 1. The standard InChI is InChI=1S/C15H20NO2.BrH.H2O/c1-4-17-7-8-18-15-6-5-13-11-16(3)12(2)9-14(13)10-15;;/h5-6,9-11H,4,7-8H2,1-3H3;1H;1H2/q+1;;/p-1. The van der Waals surface area contributed by atoms with E-state index in [2.05, 4.69) is 42.9 Å². The lowest BCUT2D eigenvalue weighted by atomic mass is 10.1. The molecule has 2 rings (SSSR count). The Bertz CT molecular complexity index is 546. The number of rotatable bonds is 5. The van der Waals surface area contributed by atoms with Gasteiger partial charge in [0.25, 0.3) is 0 Å². The van der Waals surface area contributed by atoms with Crippen molar-refractivity contribution in [1.29, 1.82) is 0 Å². The minimum atomic E-state index is 0. The van der Waals surface area contributed by atoms with Gasteiger partial charge in [0.05, 0.1) is 6.61 Å². The third-order valence-electron chi connectivity index (χ3n) is 3.01. The number of aryl methyl sites for hydroxylation is 2. The van der Waals surface area contributed by atoms with Gasteiger partial charge in [-0.25, -0.2) is 4.57 Å². The van der Waals surface area contributed by atoms with Gasteiger partial charge in [-0.15, -0.1) is 0 Å². The second-order valence-corrected chi connectivity index (χ2v) is 4.36. The minimum Gasteiger partial charge on any atom is -1.00 e.